The van der Waals surface area contributed by atoms with E-state index in [2.05, 4.69) is 11.1 Å². The number of carbonyl (C=O) groups is 1. The summed E-state index contributed by atoms with van der Waals surface area (Å²) < 4.78 is 5.46. The summed E-state index contributed by atoms with van der Waals surface area (Å²) >= 11 is 0. The van der Waals surface area contributed by atoms with E-state index in [1.165, 1.54) is 10.9 Å². The Kier molecular flexibility index (Phi) is 3.60. The molecule has 2 N–H and O–H groups in total. The maximum Gasteiger partial charge on any atom is 0.410 e. The molecule has 0 fully saturated rings. The second-order valence-electron chi connectivity index (χ2n) is 6.78. The number of aliphatic hydroxyl groups excluding tert-OH is 1. The summed E-state index contributed by atoms with van der Waals surface area (Å²) in [6.45, 7) is 5.90. The third-order valence-corrected chi connectivity index (χ3v) is 3.95. The van der Waals surface area contributed by atoms with Gasteiger partial charge in [-0.15, -0.1) is 0 Å². The van der Waals surface area contributed by atoms with E-state index in [0.717, 1.165) is 11.2 Å². The highest BCUT2D eigenvalue weighted by atomic mass is 16.6. The monoisotopic (exact) mass is 302 g/mol. The van der Waals surface area contributed by atoms with Crippen LogP contribution < -0.4 is 0 Å². The Balaban J connectivity index is 1.93. The molecule has 1 aromatic heterocycles. The minimum Gasteiger partial charge on any atom is -0.444 e. The Morgan fingerprint density at radius 3 is 2.82 bits per heavy atom. The first-order valence-corrected chi connectivity index (χ1v) is 7.58. The van der Waals surface area contributed by atoms with Crippen LogP contribution in [0.25, 0.3) is 10.9 Å². The van der Waals surface area contributed by atoms with Crippen molar-refractivity contribution in [3.05, 3.63) is 35.5 Å². The SMILES string of the molecule is CC(C)(C)OC(=O)N1Cc2[nH]c3ccccc3c2CC1CO. The molecule has 0 saturated heterocycles. The van der Waals surface area contributed by atoms with E-state index in [9.17, 15) is 9.90 Å². The van der Waals surface area contributed by atoms with Crippen LogP contribution in [0.1, 0.15) is 32.0 Å². The van der Waals surface area contributed by atoms with Crippen LogP contribution in [-0.4, -0.2) is 39.3 Å². The van der Waals surface area contributed by atoms with Gasteiger partial charge in [0.2, 0.25) is 0 Å². The van der Waals surface area contributed by atoms with Crippen molar-refractivity contribution in [3.8, 4) is 0 Å². The number of H-pyrrole nitrogens is 1. The summed E-state index contributed by atoms with van der Waals surface area (Å²) in [5.41, 5.74) is 2.74. The van der Waals surface area contributed by atoms with Gasteiger partial charge in [-0.05, 0) is 38.8 Å². The van der Waals surface area contributed by atoms with E-state index in [1.807, 2.05) is 39.0 Å². The molecule has 1 atom stereocenters. The Morgan fingerprint density at radius 2 is 2.14 bits per heavy atom. The molecule has 0 aliphatic carbocycles. The molecule has 2 heterocycles. The molecule has 2 aromatic rings. The second kappa shape index (κ2) is 5.32. The van der Waals surface area contributed by atoms with Crippen LogP contribution in [-0.2, 0) is 17.7 Å². The van der Waals surface area contributed by atoms with E-state index >= 15 is 0 Å². The number of aromatic amines is 1. The fraction of sp³-hybridized carbons (Fsp3) is 0.471. The number of fused-ring (bicyclic) bond motifs is 3. The molecule has 1 amide bonds. The maximum absolute atomic E-state index is 12.4. The number of benzene rings is 1. The molecule has 1 aromatic carbocycles. The lowest BCUT2D eigenvalue weighted by atomic mass is 9.97. The van der Waals surface area contributed by atoms with Crippen molar-refractivity contribution in [2.75, 3.05) is 6.61 Å². The van der Waals surface area contributed by atoms with Crippen LogP contribution in [0.3, 0.4) is 0 Å². The molecular formula is C17H22N2O3. The molecule has 5 nitrogen and oxygen atoms in total. The van der Waals surface area contributed by atoms with Gasteiger partial charge in [0, 0.05) is 16.6 Å². The molecule has 1 unspecified atom stereocenters. The highest BCUT2D eigenvalue weighted by Crippen LogP contribution is 2.30. The summed E-state index contributed by atoms with van der Waals surface area (Å²) in [7, 11) is 0. The standard InChI is InChI=1S/C17H22N2O3/c1-17(2,3)22-16(21)19-9-15-13(8-11(19)10-20)12-6-4-5-7-14(12)18-15/h4-7,11,18,20H,8-10H2,1-3H3. The lowest BCUT2D eigenvalue weighted by Crippen LogP contribution is -2.48. The van der Waals surface area contributed by atoms with E-state index in [-0.39, 0.29) is 18.7 Å². The second-order valence-corrected chi connectivity index (χ2v) is 6.78. The van der Waals surface area contributed by atoms with Gasteiger partial charge < -0.3 is 14.8 Å². The third kappa shape index (κ3) is 2.68. The number of para-hydroxylation sites is 1. The number of aromatic nitrogens is 1. The lowest BCUT2D eigenvalue weighted by Gasteiger charge is -2.35. The van der Waals surface area contributed by atoms with Gasteiger partial charge in [-0.2, -0.15) is 0 Å². The minimum absolute atomic E-state index is 0.0712. The van der Waals surface area contributed by atoms with Crippen LogP contribution in [0.4, 0.5) is 4.79 Å². The smallest absolute Gasteiger partial charge is 0.410 e. The van der Waals surface area contributed by atoms with Crippen LogP contribution in [0.5, 0.6) is 0 Å². The van der Waals surface area contributed by atoms with Gasteiger partial charge in [0.25, 0.3) is 0 Å². The molecule has 3 rings (SSSR count). The van der Waals surface area contributed by atoms with Crippen LogP contribution in [0.15, 0.2) is 24.3 Å². The predicted molar refractivity (Wildman–Crippen MR) is 84.7 cm³/mol. The zero-order valence-corrected chi connectivity index (χ0v) is 13.2. The zero-order chi connectivity index (χ0) is 15.9. The largest absolute Gasteiger partial charge is 0.444 e. The van der Waals surface area contributed by atoms with Crippen LogP contribution in [0.2, 0.25) is 0 Å². The summed E-state index contributed by atoms with van der Waals surface area (Å²) in [4.78, 5) is 17.4. The molecule has 0 radical (unpaired) electrons. The molecule has 0 saturated carbocycles. The predicted octanol–water partition coefficient (Wildman–Crippen LogP) is 2.82. The van der Waals surface area contributed by atoms with E-state index in [4.69, 9.17) is 4.74 Å². The van der Waals surface area contributed by atoms with Crippen molar-refractivity contribution < 1.29 is 14.6 Å². The van der Waals surface area contributed by atoms with Crippen LogP contribution >= 0.6 is 0 Å². The summed E-state index contributed by atoms with van der Waals surface area (Å²) in [6.07, 6.45) is 0.255. The van der Waals surface area contributed by atoms with Crippen molar-refractivity contribution in [2.24, 2.45) is 0 Å². The van der Waals surface area contributed by atoms with E-state index < -0.39 is 5.60 Å². The van der Waals surface area contributed by atoms with Gasteiger partial charge in [-0.3, -0.25) is 4.90 Å². The molecule has 118 valence electrons. The fourth-order valence-electron chi connectivity index (χ4n) is 2.97. The fourth-order valence-corrected chi connectivity index (χ4v) is 2.97. The summed E-state index contributed by atoms with van der Waals surface area (Å²) in [5.74, 6) is 0. The number of nitrogens with zero attached hydrogens (tertiary/aromatic N) is 1. The number of nitrogens with one attached hydrogen (secondary N) is 1. The topological polar surface area (TPSA) is 65.6 Å². The highest BCUT2D eigenvalue weighted by molar-refractivity contribution is 5.85. The first-order valence-electron chi connectivity index (χ1n) is 7.58. The van der Waals surface area contributed by atoms with Crippen molar-refractivity contribution in [2.45, 2.75) is 45.4 Å². The normalized spacial score (nSPS) is 18.4. The average Bonchev–Trinajstić information content (AvgIpc) is 2.81. The Labute approximate surface area is 129 Å². The van der Waals surface area contributed by atoms with E-state index in [0.29, 0.717) is 13.0 Å². The minimum atomic E-state index is -0.544. The van der Waals surface area contributed by atoms with Gasteiger partial charge >= 0.3 is 6.09 Å². The third-order valence-electron chi connectivity index (χ3n) is 3.95. The van der Waals surface area contributed by atoms with Crippen molar-refractivity contribution in [1.82, 2.24) is 9.88 Å². The number of rotatable bonds is 1. The number of aliphatic hydroxyl groups is 1. The average molecular weight is 302 g/mol. The number of ether oxygens (including phenoxy) is 1. The summed E-state index contributed by atoms with van der Waals surface area (Å²) in [5, 5.41) is 10.9. The van der Waals surface area contributed by atoms with Crippen molar-refractivity contribution in [3.63, 3.8) is 0 Å². The van der Waals surface area contributed by atoms with Gasteiger partial charge in [-0.25, -0.2) is 4.79 Å². The molecule has 0 spiro atoms. The number of hydrogen-bond acceptors (Lipinski definition) is 3. The number of amides is 1. The molecule has 0 bridgehead atoms. The zero-order valence-electron chi connectivity index (χ0n) is 13.2. The molecule has 1 aliphatic rings. The molecule has 1 aliphatic heterocycles. The Hall–Kier alpha value is -2.01. The highest BCUT2D eigenvalue weighted by Gasteiger charge is 2.34. The van der Waals surface area contributed by atoms with Gasteiger partial charge in [0.1, 0.15) is 5.60 Å². The number of hydrogen-bond donors (Lipinski definition) is 2. The van der Waals surface area contributed by atoms with Crippen molar-refractivity contribution in [1.29, 1.82) is 0 Å². The van der Waals surface area contributed by atoms with Gasteiger partial charge in [0.15, 0.2) is 0 Å². The van der Waals surface area contributed by atoms with Crippen LogP contribution in [0, 0.1) is 0 Å². The van der Waals surface area contributed by atoms with E-state index in [1.54, 1.807) is 4.90 Å². The maximum atomic E-state index is 12.4. The summed E-state index contributed by atoms with van der Waals surface area (Å²) in [6, 6.07) is 7.84. The first kappa shape index (κ1) is 14.9. The Bertz CT molecular complexity index is 699. The molecule has 5 heteroatoms. The van der Waals surface area contributed by atoms with Crippen molar-refractivity contribution >= 4 is 17.0 Å². The Morgan fingerprint density at radius 1 is 1.41 bits per heavy atom. The van der Waals surface area contributed by atoms with Gasteiger partial charge in [0.05, 0.1) is 19.2 Å². The molecular weight excluding hydrogens is 280 g/mol. The first-order chi connectivity index (χ1) is 10.4. The molecule has 22 heavy (non-hydrogen) atoms. The lowest BCUT2D eigenvalue weighted by molar-refractivity contribution is 0.00437. The number of carbonyl (C=O) groups excluding carboxylic acids is 1. The quantitative estimate of drug-likeness (QED) is 0.851. The van der Waals surface area contributed by atoms with Gasteiger partial charge in [-0.1, -0.05) is 18.2 Å².